The second-order valence-corrected chi connectivity index (χ2v) is 8.07. The quantitative estimate of drug-likeness (QED) is 0.775. The predicted octanol–water partition coefficient (Wildman–Crippen LogP) is 1.24. The first-order chi connectivity index (χ1) is 11.9. The van der Waals surface area contributed by atoms with Gasteiger partial charge in [0.05, 0.1) is 18.0 Å². The summed E-state index contributed by atoms with van der Waals surface area (Å²) < 4.78 is 45.0. The molecule has 10 heteroatoms. The molecule has 1 aromatic carbocycles. The largest absolute Gasteiger partial charge is 0.463 e. The Morgan fingerprint density at radius 3 is 2.92 bits per heavy atom. The number of nitrogens with zero attached hydrogens (tertiary/aromatic N) is 2. The topological polar surface area (TPSA) is 88.6 Å². The maximum Gasteiger partial charge on any atom is 0.273 e. The molecule has 1 amide bonds. The molecule has 1 N–H and O–H groups in total. The van der Waals surface area contributed by atoms with E-state index >= 15 is 0 Å². The van der Waals surface area contributed by atoms with E-state index in [1.54, 1.807) is 11.1 Å². The number of rotatable bonds is 7. The van der Waals surface area contributed by atoms with Gasteiger partial charge in [0.1, 0.15) is 11.9 Å². The molecule has 0 atom stereocenters. The maximum absolute atomic E-state index is 13.1. The zero-order chi connectivity index (χ0) is 17.9. The predicted molar refractivity (Wildman–Crippen MR) is 89.3 cm³/mol. The molecule has 1 aromatic heterocycles. The maximum atomic E-state index is 13.1. The molecule has 3 rings (SSSR count). The van der Waals surface area contributed by atoms with Crippen LogP contribution in [0.25, 0.3) is 0 Å². The van der Waals surface area contributed by atoms with E-state index < -0.39 is 15.8 Å². The first kappa shape index (κ1) is 17.8. The summed E-state index contributed by atoms with van der Waals surface area (Å²) in [5.74, 6) is -0.799. The van der Waals surface area contributed by atoms with Crippen molar-refractivity contribution in [3.63, 3.8) is 0 Å². The van der Waals surface area contributed by atoms with Crippen LogP contribution >= 0.6 is 11.3 Å². The fourth-order valence-electron chi connectivity index (χ4n) is 2.30. The van der Waals surface area contributed by atoms with Crippen molar-refractivity contribution in [1.82, 2.24) is 14.6 Å². The third kappa shape index (κ3) is 4.53. The van der Waals surface area contributed by atoms with Gasteiger partial charge in [0, 0.05) is 24.5 Å². The van der Waals surface area contributed by atoms with E-state index in [0.717, 1.165) is 12.1 Å². The molecular weight excluding hydrogens is 369 g/mol. The van der Waals surface area contributed by atoms with Gasteiger partial charge in [-0.15, -0.1) is 0 Å². The Labute approximate surface area is 148 Å². The highest BCUT2D eigenvalue weighted by atomic mass is 32.2. The molecule has 134 valence electrons. The average Bonchev–Trinajstić information content (AvgIpc) is 3.03. The van der Waals surface area contributed by atoms with Crippen molar-refractivity contribution >= 4 is 27.3 Å². The SMILES string of the molecule is O=C(CCNS(=O)(=O)c1cccc(F)c1)N1CC(Oc2nccs2)C1. The fourth-order valence-corrected chi connectivity index (χ4v) is 3.91. The summed E-state index contributed by atoms with van der Waals surface area (Å²) >= 11 is 1.39. The van der Waals surface area contributed by atoms with Gasteiger partial charge < -0.3 is 9.64 Å². The Hall–Kier alpha value is -2.04. The van der Waals surface area contributed by atoms with Crippen molar-refractivity contribution < 1.29 is 22.3 Å². The highest BCUT2D eigenvalue weighted by molar-refractivity contribution is 7.89. The molecule has 2 heterocycles. The second-order valence-electron chi connectivity index (χ2n) is 5.44. The lowest BCUT2D eigenvalue weighted by Gasteiger charge is -2.38. The number of nitrogens with one attached hydrogen (secondary N) is 1. The Morgan fingerprint density at radius 1 is 1.44 bits per heavy atom. The lowest BCUT2D eigenvalue weighted by molar-refractivity contribution is -0.139. The number of thiazole rings is 1. The number of halogens is 1. The molecule has 0 aliphatic carbocycles. The second kappa shape index (κ2) is 7.46. The summed E-state index contributed by atoms with van der Waals surface area (Å²) in [6.07, 6.45) is 1.59. The number of amides is 1. The molecule has 7 nitrogen and oxygen atoms in total. The van der Waals surface area contributed by atoms with Gasteiger partial charge in [0.15, 0.2) is 0 Å². The highest BCUT2D eigenvalue weighted by Gasteiger charge is 2.32. The number of sulfonamides is 1. The van der Waals surface area contributed by atoms with Crippen molar-refractivity contribution in [1.29, 1.82) is 0 Å². The van der Waals surface area contributed by atoms with Crippen LogP contribution < -0.4 is 9.46 Å². The number of carbonyl (C=O) groups is 1. The highest BCUT2D eigenvalue weighted by Crippen LogP contribution is 2.20. The smallest absolute Gasteiger partial charge is 0.273 e. The van der Waals surface area contributed by atoms with Crippen LogP contribution in [-0.2, 0) is 14.8 Å². The van der Waals surface area contributed by atoms with Crippen LogP contribution in [0.1, 0.15) is 6.42 Å². The minimum atomic E-state index is -3.83. The van der Waals surface area contributed by atoms with Crippen LogP contribution in [0, 0.1) is 5.82 Å². The van der Waals surface area contributed by atoms with Crippen molar-refractivity contribution in [2.45, 2.75) is 17.4 Å². The molecule has 0 radical (unpaired) electrons. The Bertz CT molecular complexity index is 836. The average molecular weight is 385 g/mol. The van der Waals surface area contributed by atoms with Gasteiger partial charge >= 0.3 is 0 Å². The van der Waals surface area contributed by atoms with Gasteiger partial charge in [0.25, 0.3) is 5.19 Å². The van der Waals surface area contributed by atoms with Crippen molar-refractivity contribution in [3.8, 4) is 5.19 Å². The summed E-state index contributed by atoms with van der Waals surface area (Å²) in [7, 11) is -3.83. The van der Waals surface area contributed by atoms with Crippen LogP contribution in [0.2, 0.25) is 0 Å². The summed E-state index contributed by atoms with van der Waals surface area (Å²) in [6, 6.07) is 4.71. The summed E-state index contributed by atoms with van der Waals surface area (Å²) in [5.41, 5.74) is 0. The van der Waals surface area contributed by atoms with Crippen LogP contribution in [0.3, 0.4) is 0 Å². The lowest BCUT2D eigenvalue weighted by Crippen LogP contribution is -2.56. The van der Waals surface area contributed by atoms with E-state index in [1.807, 2.05) is 5.38 Å². The molecule has 1 aliphatic rings. The molecule has 1 saturated heterocycles. The fraction of sp³-hybridized carbons (Fsp3) is 0.333. The standard InChI is InChI=1S/C15H16FN3O4S2/c16-11-2-1-3-13(8-11)25(21,22)18-5-4-14(20)19-9-12(10-19)23-15-17-6-7-24-15/h1-3,6-8,12,18H,4-5,9-10H2. The number of benzene rings is 1. The van der Waals surface area contributed by atoms with E-state index in [-0.39, 0.29) is 29.9 Å². The van der Waals surface area contributed by atoms with Gasteiger partial charge in [-0.2, -0.15) is 0 Å². The van der Waals surface area contributed by atoms with E-state index in [0.29, 0.717) is 18.3 Å². The molecule has 1 aliphatic heterocycles. The number of hydrogen-bond acceptors (Lipinski definition) is 6. The van der Waals surface area contributed by atoms with Crippen molar-refractivity contribution in [2.24, 2.45) is 0 Å². The van der Waals surface area contributed by atoms with Crippen LogP contribution in [-0.4, -0.2) is 49.9 Å². The van der Waals surface area contributed by atoms with E-state index in [9.17, 15) is 17.6 Å². The number of aromatic nitrogens is 1. The number of hydrogen-bond donors (Lipinski definition) is 1. The zero-order valence-electron chi connectivity index (χ0n) is 13.1. The molecule has 0 saturated carbocycles. The number of carbonyl (C=O) groups excluding carboxylic acids is 1. The molecule has 25 heavy (non-hydrogen) atoms. The summed E-state index contributed by atoms with van der Waals surface area (Å²) in [4.78, 5) is 17.4. The molecule has 0 bridgehead atoms. The van der Waals surface area contributed by atoms with E-state index in [1.165, 1.54) is 23.5 Å². The van der Waals surface area contributed by atoms with E-state index in [2.05, 4.69) is 9.71 Å². The number of ether oxygens (including phenoxy) is 1. The van der Waals surface area contributed by atoms with Gasteiger partial charge in [-0.3, -0.25) is 4.79 Å². The number of likely N-dealkylation sites (tertiary alicyclic amines) is 1. The van der Waals surface area contributed by atoms with Gasteiger partial charge in [-0.05, 0) is 18.2 Å². The Kier molecular flexibility index (Phi) is 5.30. The summed E-state index contributed by atoms with van der Waals surface area (Å²) in [6.45, 7) is 0.857. The van der Waals surface area contributed by atoms with Crippen LogP contribution in [0.15, 0.2) is 40.7 Å². The van der Waals surface area contributed by atoms with Crippen LogP contribution in [0.4, 0.5) is 4.39 Å². The zero-order valence-corrected chi connectivity index (χ0v) is 14.7. The van der Waals surface area contributed by atoms with Gasteiger partial charge in [-0.25, -0.2) is 22.5 Å². The van der Waals surface area contributed by atoms with Gasteiger partial charge in [-0.1, -0.05) is 17.4 Å². The lowest BCUT2D eigenvalue weighted by atomic mass is 10.1. The normalized spacial score (nSPS) is 15.0. The molecule has 2 aromatic rings. The summed E-state index contributed by atoms with van der Waals surface area (Å²) in [5, 5.41) is 2.38. The third-order valence-electron chi connectivity index (χ3n) is 3.62. The van der Waals surface area contributed by atoms with Crippen LogP contribution in [0.5, 0.6) is 5.19 Å². The molecule has 1 fully saturated rings. The molecular formula is C15H16FN3O4S2. The van der Waals surface area contributed by atoms with Gasteiger partial charge in [0.2, 0.25) is 15.9 Å². The van der Waals surface area contributed by atoms with E-state index in [4.69, 9.17) is 4.74 Å². The third-order valence-corrected chi connectivity index (χ3v) is 5.73. The monoisotopic (exact) mass is 385 g/mol. The molecule has 0 unspecified atom stereocenters. The first-order valence-electron chi connectivity index (χ1n) is 7.53. The Balaban J connectivity index is 1.41. The minimum absolute atomic E-state index is 0.0263. The first-order valence-corrected chi connectivity index (χ1v) is 9.89. The molecule has 0 spiro atoms. The van der Waals surface area contributed by atoms with Crippen molar-refractivity contribution in [3.05, 3.63) is 41.7 Å². The minimum Gasteiger partial charge on any atom is -0.463 e. The Morgan fingerprint density at radius 2 is 2.24 bits per heavy atom. The van der Waals surface area contributed by atoms with Crippen molar-refractivity contribution in [2.75, 3.05) is 19.6 Å².